The summed E-state index contributed by atoms with van der Waals surface area (Å²) in [5.74, 6) is 0.642. The predicted molar refractivity (Wildman–Crippen MR) is 63.3 cm³/mol. The fourth-order valence-corrected chi connectivity index (χ4v) is 1.45. The van der Waals surface area contributed by atoms with Crippen LogP contribution in [0.3, 0.4) is 0 Å². The highest BCUT2D eigenvalue weighted by Crippen LogP contribution is 2.23. The Labute approximate surface area is 99.1 Å². The number of pyridine rings is 1. The maximum atomic E-state index is 13.2. The number of rotatable bonds is 3. The second-order valence-corrected chi connectivity index (χ2v) is 3.74. The first-order valence-electron chi connectivity index (χ1n) is 5.27. The zero-order valence-electron chi connectivity index (χ0n) is 9.48. The molecule has 3 nitrogen and oxygen atoms in total. The monoisotopic (exact) mass is 232 g/mol. The van der Waals surface area contributed by atoms with E-state index in [1.165, 1.54) is 12.1 Å². The summed E-state index contributed by atoms with van der Waals surface area (Å²) >= 11 is 0. The van der Waals surface area contributed by atoms with Gasteiger partial charge in [-0.2, -0.15) is 0 Å². The highest BCUT2D eigenvalue weighted by atomic mass is 19.1. The fraction of sp³-hybridized carbons (Fsp3) is 0.154. The quantitative estimate of drug-likeness (QED) is 0.885. The van der Waals surface area contributed by atoms with Crippen molar-refractivity contribution in [3.8, 4) is 11.5 Å². The van der Waals surface area contributed by atoms with Crippen LogP contribution in [0.15, 0.2) is 36.5 Å². The summed E-state index contributed by atoms with van der Waals surface area (Å²) in [4.78, 5) is 4.10. The first kappa shape index (κ1) is 11.5. The Morgan fingerprint density at radius 2 is 2.06 bits per heavy atom. The molecule has 1 aromatic heterocycles. The number of nitrogens with two attached hydrogens (primary N) is 1. The molecule has 0 amide bonds. The van der Waals surface area contributed by atoms with Crippen LogP contribution in [0.2, 0.25) is 0 Å². The standard InChI is InChI=1S/C13H13FN2O/c1-9-2-3-12(8-16-9)17-13-5-10(7-15)4-11(14)6-13/h2-6,8H,7,15H2,1H3. The van der Waals surface area contributed by atoms with Crippen molar-refractivity contribution < 1.29 is 9.13 Å². The number of aryl methyl sites for hydroxylation is 1. The van der Waals surface area contributed by atoms with Crippen LogP contribution in [0, 0.1) is 12.7 Å². The molecule has 0 fully saturated rings. The third-order valence-corrected chi connectivity index (χ3v) is 2.29. The topological polar surface area (TPSA) is 48.1 Å². The number of aromatic nitrogens is 1. The average molecular weight is 232 g/mol. The van der Waals surface area contributed by atoms with Gasteiger partial charge in [0.2, 0.25) is 0 Å². The Kier molecular flexibility index (Phi) is 3.35. The van der Waals surface area contributed by atoms with E-state index in [9.17, 15) is 4.39 Å². The Bertz CT molecular complexity index is 511. The van der Waals surface area contributed by atoms with E-state index in [0.717, 1.165) is 5.69 Å². The molecule has 0 atom stereocenters. The molecular weight excluding hydrogens is 219 g/mol. The highest BCUT2D eigenvalue weighted by molar-refractivity contribution is 5.33. The second-order valence-electron chi connectivity index (χ2n) is 3.74. The van der Waals surface area contributed by atoms with E-state index in [0.29, 0.717) is 17.1 Å². The van der Waals surface area contributed by atoms with Crippen molar-refractivity contribution >= 4 is 0 Å². The van der Waals surface area contributed by atoms with Gasteiger partial charge in [-0.05, 0) is 36.8 Å². The predicted octanol–water partition coefficient (Wildman–Crippen LogP) is 2.78. The molecule has 0 aliphatic rings. The first-order chi connectivity index (χ1) is 8.17. The Morgan fingerprint density at radius 1 is 1.24 bits per heavy atom. The summed E-state index contributed by atoms with van der Waals surface area (Å²) < 4.78 is 18.7. The zero-order valence-corrected chi connectivity index (χ0v) is 9.48. The molecular formula is C13H13FN2O. The number of ether oxygens (including phenoxy) is 1. The van der Waals surface area contributed by atoms with E-state index in [2.05, 4.69) is 4.98 Å². The number of halogens is 1. The Hall–Kier alpha value is -1.94. The second kappa shape index (κ2) is 4.93. The van der Waals surface area contributed by atoms with Gasteiger partial charge in [-0.3, -0.25) is 4.98 Å². The third kappa shape index (κ3) is 3.01. The van der Waals surface area contributed by atoms with Gasteiger partial charge in [-0.1, -0.05) is 0 Å². The summed E-state index contributed by atoms with van der Waals surface area (Å²) in [6, 6.07) is 8.04. The van der Waals surface area contributed by atoms with Crippen LogP contribution in [0.4, 0.5) is 4.39 Å². The minimum Gasteiger partial charge on any atom is -0.456 e. The maximum absolute atomic E-state index is 13.2. The molecule has 2 aromatic rings. The first-order valence-corrected chi connectivity index (χ1v) is 5.27. The molecule has 0 saturated carbocycles. The maximum Gasteiger partial charge on any atom is 0.145 e. The van der Waals surface area contributed by atoms with Gasteiger partial charge in [0.25, 0.3) is 0 Å². The van der Waals surface area contributed by atoms with Crippen LogP contribution >= 0.6 is 0 Å². The lowest BCUT2D eigenvalue weighted by atomic mass is 10.2. The van der Waals surface area contributed by atoms with Gasteiger partial charge >= 0.3 is 0 Å². The van der Waals surface area contributed by atoms with Crippen molar-refractivity contribution in [2.75, 3.05) is 0 Å². The van der Waals surface area contributed by atoms with Crippen molar-refractivity contribution in [2.45, 2.75) is 13.5 Å². The smallest absolute Gasteiger partial charge is 0.145 e. The van der Waals surface area contributed by atoms with Gasteiger partial charge < -0.3 is 10.5 Å². The van der Waals surface area contributed by atoms with Gasteiger partial charge in [0.15, 0.2) is 0 Å². The normalized spacial score (nSPS) is 10.3. The lowest BCUT2D eigenvalue weighted by Crippen LogP contribution is -1.97. The molecule has 1 aromatic carbocycles. The number of hydrogen-bond donors (Lipinski definition) is 1. The van der Waals surface area contributed by atoms with Crippen LogP contribution in [0.25, 0.3) is 0 Å². The fourth-order valence-electron chi connectivity index (χ4n) is 1.45. The molecule has 0 saturated heterocycles. The molecule has 0 spiro atoms. The molecule has 0 radical (unpaired) electrons. The van der Waals surface area contributed by atoms with Gasteiger partial charge in [-0.25, -0.2) is 4.39 Å². The molecule has 0 unspecified atom stereocenters. The van der Waals surface area contributed by atoms with Crippen molar-refractivity contribution in [3.05, 3.63) is 53.6 Å². The minimum absolute atomic E-state index is 0.278. The molecule has 0 bridgehead atoms. The van der Waals surface area contributed by atoms with Gasteiger partial charge in [0.1, 0.15) is 17.3 Å². The van der Waals surface area contributed by atoms with E-state index in [1.807, 2.05) is 13.0 Å². The van der Waals surface area contributed by atoms with Gasteiger partial charge in [-0.15, -0.1) is 0 Å². The summed E-state index contributed by atoms with van der Waals surface area (Å²) in [7, 11) is 0. The van der Waals surface area contributed by atoms with Crippen LogP contribution in [-0.2, 0) is 6.54 Å². The Morgan fingerprint density at radius 3 is 2.71 bits per heavy atom. The molecule has 0 aliphatic heterocycles. The summed E-state index contributed by atoms with van der Waals surface area (Å²) in [6.07, 6.45) is 1.60. The number of hydrogen-bond acceptors (Lipinski definition) is 3. The lowest BCUT2D eigenvalue weighted by molar-refractivity contribution is 0.473. The van der Waals surface area contributed by atoms with Crippen molar-refractivity contribution in [3.63, 3.8) is 0 Å². The van der Waals surface area contributed by atoms with E-state index in [-0.39, 0.29) is 12.4 Å². The molecule has 2 rings (SSSR count). The molecule has 1 heterocycles. The molecule has 2 N–H and O–H groups in total. The van der Waals surface area contributed by atoms with Crippen LogP contribution < -0.4 is 10.5 Å². The van der Waals surface area contributed by atoms with Crippen molar-refractivity contribution in [1.82, 2.24) is 4.98 Å². The molecule has 0 aliphatic carbocycles. The Balaban J connectivity index is 2.23. The van der Waals surface area contributed by atoms with Crippen LogP contribution in [0.1, 0.15) is 11.3 Å². The van der Waals surface area contributed by atoms with Crippen molar-refractivity contribution in [2.24, 2.45) is 5.73 Å². The van der Waals surface area contributed by atoms with Gasteiger partial charge in [0.05, 0.1) is 6.20 Å². The van der Waals surface area contributed by atoms with E-state index >= 15 is 0 Å². The van der Waals surface area contributed by atoms with Crippen LogP contribution in [-0.4, -0.2) is 4.98 Å². The van der Waals surface area contributed by atoms with E-state index < -0.39 is 0 Å². The number of benzene rings is 1. The van der Waals surface area contributed by atoms with Crippen molar-refractivity contribution in [1.29, 1.82) is 0 Å². The van der Waals surface area contributed by atoms with E-state index in [4.69, 9.17) is 10.5 Å². The molecule has 17 heavy (non-hydrogen) atoms. The summed E-state index contributed by atoms with van der Waals surface area (Å²) in [5, 5.41) is 0. The lowest BCUT2D eigenvalue weighted by Gasteiger charge is -2.07. The molecule has 4 heteroatoms. The van der Waals surface area contributed by atoms with Crippen LogP contribution in [0.5, 0.6) is 11.5 Å². The zero-order chi connectivity index (χ0) is 12.3. The van der Waals surface area contributed by atoms with Gasteiger partial charge in [0, 0.05) is 18.3 Å². The SMILES string of the molecule is Cc1ccc(Oc2cc(F)cc(CN)c2)cn1. The largest absolute Gasteiger partial charge is 0.456 e. The minimum atomic E-state index is -0.358. The highest BCUT2D eigenvalue weighted by Gasteiger charge is 2.02. The van der Waals surface area contributed by atoms with E-state index in [1.54, 1.807) is 18.3 Å². The number of nitrogens with zero attached hydrogens (tertiary/aromatic N) is 1. The average Bonchev–Trinajstić information content (AvgIpc) is 2.31. The summed E-state index contributed by atoms with van der Waals surface area (Å²) in [5.41, 5.74) is 7.06. The summed E-state index contributed by atoms with van der Waals surface area (Å²) in [6.45, 7) is 2.17. The molecule has 88 valence electrons. The third-order valence-electron chi connectivity index (χ3n) is 2.29.